The second kappa shape index (κ2) is 3.46. The van der Waals surface area contributed by atoms with Crippen LogP contribution in [-0.4, -0.2) is 39.7 Å². The maximum Gasteiger partial charge on any atom is 0.270 e. The van der Waals surface area contributed by atoms with Gasteiger partial charge in [-0.05, 0) is 19.1 Å². The Hall–Kier alpha value is -1.29. The van der Waals surface area contributed by atoms with Gasteiger partial charge in [0.15, 0.2) is 0 Å². The lowest BCUT2D eigenvalue weighted by atomic mass is 10.1. The minimum atomic E-state index is -0.330. The van der Waals surface area contributed by atoms with Crippen molar-refractivity contribution in [1.29, 1.82) is 0 Å². The highest BCUT2D eigenvalue weighted by Crippen LogP contribution is 2.13. The Morgan fingerprint density at radius 1 is 1.64 bits per heavy atom. The molecule has 1 N–H and O–H groups in total. The number of β-amino-alcohol motifs (C(OH)–C–C–N with tert-alkyl or cyclic N) is 1. The van der Waals surface area contributed by atoms with Gasteiger partial charge in [-0.3, -0.25) is 4.79 Å². The Morgan fingerprint density at radius 2 is 2.36 bits per heavy atom. The summed E-state index contributed by atoms with van der Waals surface area (Å²) in [5.74, 6) is 0.0159. The largest absolute Gasteiger partial charge is 0.389 e. The van der Waals surface area contributed by atoms with E-state index in [0.717, 1.165) is 6.54 Å². The Morgan fingerprint density at radius 3 is 2.93 bits per heavy atom. The van der Waals surface area contributed by atoms with Crippen LogP contribution in [0, 0.1) is 0 Å². The number of carbonyl (C=O) groups excluding carboxylic acids is 1. The molecule has 1 saturated heterocycles. The van der Waals surface area contributed by atoms with Crippen molar-refractivity contribution in [1.82, 2.24) is 9.47 Å². The molecule has 2 rings (SSSR count). The van der Waals surface area contributed by atoms with Crippen molar-refractivity contribution >= 4 is 5.91 Å². The van der Waals surface area contributed by atoms with Crippen LogP contribution in [0.2, 0.25) is 0 Å². The number of aliphatic hydroxyl groups excluding tert-OH is 1. The van der Waals surface area contributed by atoms with Crippen LogP contribution in [0.1, 0.15) is 17.4 Å². The van der Waals surface area contributed by atoms with Crippen LogP contribution >= 0.6 is 0 Å². The van der Waals surface area contributed by atoms with Crippen molar-refractivity contribution in [3.63, 3.8) is 0 Å². The maximum atomic E-state index is 11.8. The van der Waals surface area contributed by atoms with Crippen molar-refractivity contribution in [2.75, 3.05) is 13.1 Å². The molecule has 2 heterocycles. The number of aryl methyl sites for hydroxylation is 1. The Labute approximate surface area is 82.7 Å². The van der Waals surface area contributed by atoms with Gasteiger partial charge >= 0.3 is 0 Å². The number of aliphatic hydroxyl groups is 1. The van der Waals surface area contributed by atoms with Gasteiger partial charge in [0.05, 0.1) is 6.10 Å². The molecule has 1 amide bonds. The first-order valence-corrected chi connectivity index (χ1v) is 4.85. The van der Waals surface area contributed by atoms with Crippen molar-refractivity contribution in [3.8, 4) is 0 Å². The molecule has 1 aromatic heterocycles. The van der Waals surface area contributed by atoms with Gasteiger partial charge in [-0.25, -0.2) is 0 Å². The fraction of sp³-hybridized carbons (Fsp3) is 0.500. The summed E-state index contributed by atoms with van der Waals surface area (Å²) in [6.45, 7) is 3.73. The zero-order valence-electron chi connectivity index (χ0n) is 8.18. The van der Waals surface area contributed by atoms with E-state index in [1.807, 2.05) is 29.8 Å². The van der Waals surface area contributed by atoms with Crippen molar-refractivity contribution in [2.24, 2.45) is 0 Å². The summed E-state index contributed by atoms with van der Waals surface area (Å²) in [4.78, 5) is 13.5. The van der Waals surface area contributed by atoms with Gasteiger partial charge in [0, 0.05) is 25.8 Å². The van der Waals surface area contributed by atoms with E-state index in [2.05, 4.69) is 0 Å². The maximum absolute atomic E-state index is 11.8. The standard InChI is InChI=1S/C10H14N2O2/c1-2-11-5-3-4-9(11)10(14)12-6-8(13)7-12/h3-5,8,13H,2,6-7H2,1H3. The molecule has 0 saturated carbocycles. The summed E-state index contributed by atoms with van der Waals surface area (Å²) in [5, 5.41) is 9.09. The highest BCUT2D eigenvalue weighted by Gasteiger charge is 2.30. The topological polar surface area (TPSA) is 45.5 Å². The van der Waals surface area contributed by atoms with Crippen molar-refractivity contribution in [2.45, 2.75) is 19.6 Å². The van der Waals surface area contributed by atoms with E-state index in [1.54, 1.807) is 4.90 Å². The van der Waals surface area contributed by atoms with Crippen LogP contribution in [0.25, 0.3) is 0 Å². The minimum absolute atomic E-state index is 0.0159. The average Bonchev–Trinajstić information content (AvgIpc) is 2.59. The zero-order chi connectivity index (χ0) is 10.1. The van der Waals surface area contributed by atoms with Crippen LogP contribution in [0.15, 0.2) is 18.3 Å². The number of hydrogen-bond acceptors (Lipinski definition) is 2. The summed E-state index contributed by atoms with van der Waals surface area (Å²) in [5.41, 5.74) is 0.708. The first-order valence-electron chi connectivity index (χ1n) is 4.85. The molecule has 1 fully saturated rings. The zero-order valence-corrected chi connectivity index (χ0v) is 8.18. The molecule has 76 valence electrons. The van der Waals surface area contributed by atoms with E-state index in [4.69, 9.17) is 5.11 Å². The highest BCUT2D eigenvalue weighted by molar-refractivity contribution is 5.93. The van der Waals surface area contributed by atoms with Crippen molar-refractivity contribution < 1.29 is 9.90 Å². The minimum Gasteiger partial charge on any atom is -0.389 e. The molecule has 0 radical (unpaired) electrons. The molecule has 1 aliphatic rings. The molecule has 0 bridgehead atoms. The predicted octanol–water partition coefficient (Wildman–Crippen LogP) is 0.325. The molecule has 14 heavy (non-hydrogen) atoms. The number of hydrogen-bond donors (Lipinski definition) is 1. The third-order valence-electron chi connectivity index (χ3n) is 2.54. The van der Waals surface area contributed by atoms with E-state index in [-0.39, 0.29) is 12.0 Å². The Bertz CT molecular complexity index is 340. The molecule has 0 aliphatic carbocycles. The summed E-state index contributed by atoms with van der Waals surface area (Å²) >= 11 is 0. The van der Waals surface area contributed by atoms with E-state index >= 15 is 0 Å². The van der Waals surface area contributed by atoms with E-state index < -0.39 is 0 Å². The Kier molecular flexibility index (Phi) is 2.29. The summed E-state index contributed by atoms with van der Waals surface area (Å²) in [6, 6.07) is 3.68. The van der Waals surface area contributed by atoms with Gasteiger partial charge in [-0.15, -0.1) is 0 Å². The Balaban J connectivity index is 2.11. The number of likely N-dealkylation sites (tertiary alicyclic amines) is 1. The molecule has 0 atom stereocenters. The fourth-order valence-corrected chi connectivity index (χ4v) is 1.67. The number of aromatic nitrogens is 1. The van der Waals surface area contributed by atoms with Crippen LogP contribution < -0.4 is 0 Å². The lowest BCUT2D eigenvalue weighted by Gasteiger charge is -2.35. The predicted molar refractivity (Wildman–Crippen MR) is 52.0 cm³/mol. The third-order valence-corrected chi connectivity index (χ3v) is 2.54. The molecule has 0 unspecified atom stereocenters. The number of nitrogens with zero attached hydrogens (tertiary/aromatic N) is 2. The van der Waals surface area contributed by atoms with Crippen LogP contribution in [0.3, 0.4) is 0 Å². The SMILES string of the molecule is CCn1cccc1C(=O)N1CC(O)C1. The van der Waals surface area contributed by atoms with Crippen LogP contribution in [0.5, 0.6) is 0 Å². The van der Waals surface area contributed by atoms with Crippen molar-refractivity contribution in [3.05, 3.63) is 24.0 Å². The molecule has 1 aliphatic heterocycles. The smallest absolute Gasteiger partial charge is 0.270 e. The molecule has 1 aromatic rings. The molecular weight excluding hydrogens is 180 g/mol. The highest BCUT2D eigenvalue weighted by atomic mass is 16.3. The molecule has 4 nitrogen and oxygen atoms in total. The summed E-state index contributed by atoms with van der Waals surface area (Å²) in [6.07, 6.45) is 1.56. The first kappa shape index (κ1) is 9.27. The fourth-order valence-electron chi connectivity index (χ4n) is 1.67. The van der Waals surface area contributed by atoms with Crippen LogP contribution in [-0.2, 0) is 6.54 Å². The van der Waals surface area contributed by atoms with Gasteiger partial charge in [-0.2, -0.15) is 0 Å². The molecule has 0 aromatic carbocycles. The van der Waals surface area contributed by atoms with E-state index in [0.29, 0.717) is 18.8 Å². The summed E-state index contributed by atoms with van der Waals surface area (Å²) < 4.78 is 1.91. The van der Waals surface area contributed by atoms with Gasteiger partial charge in [0.1, 0.15) is 5.69 Å². The quantitative estimate of drug-likeness (QED) is 0.737. The monoisotopic (exact) mass is 194 g/mol. The number of rotatable bonds is 2. The van der Waals surface area contributed by atoms with E-state index in [1.165, 1.54) is 0 Å². The van der Waals surface area contributed by atoms with Gasteiger partial charge in [0.2, 0.25) is 0 Å². The molecular formula is C10H14N2O2. The number of carbonyl (C=O) groups is 1. The lowest BCUT2D eigenvalue weighted by Crippen LogP contribution is -2.53. The lowest BCUT2D eigenvalue weighted by molar-refractivity contribution is 0.00520. The second-order valence-corrected chi connectivity index (χ2v) is 3.54. The summed E-state index contributed by atoms with van der Waals surface area (Å²) in [7, 11) is 0. The van der Waals surface area contributed by atoms with Gasteiger partial charge in [-0.1, -0.05) is 0 Å². The molecule has 0 spiro atoms. The average molecular weight is 194 g/mol. The second-order valence-electron chi connectivity index (χ2n) is 3.54. The number of amides is 1. The third kappa shape index (κ3) is 1.42. The first-order chi connectivity index (χ1) is 6.72. The molecule has 4 heteroatoms. The van der Waals surface area contributed by atoms with Crippen LogP contribution in [0.4, 0.5) is 0 Å². The normalized spacial score (nSPS) is 16.9. The van der Waals surface area contributed by atoms with E-state index in [9.17, 15) is 4.79 Å². The van der Waals surface area contributed by atoms with Gasteiger partial charge in [0.25, 0.3) is 5.91 Å². The van der Waals surface area contributed by atoms with Gasteiger partial charge < -0.3 is 14.6 Å².